The van der Waals surface area contributed by atoms with Crippen LogP contribution >= 0.6 is 22.9 Å². The topological polar surface area (TPSA) is 72.6 Å². The maximum absolute atomic E-state index is 11.0. The second-order valence-corrected chi connectivity index (χ2v) is 5.24. The minimum atomic E-state index is -0.785. The number of para-hydroxylation sites is 1. The standard InChI is InChI=1S/C12H10ClNO4S/c1-7(15)11-6-9(14(16)17)12(19-11)18-10-5-3-2-4-8(10)13/h2-7,15H,1H3/t7-/m0/s1. The Morgan fingerprint density at radius 1 is 1.47 bits per heavy atom. The molecule has 0 aliphatic carbocycles. The molecule has 100 valence electrons. The molecule has 0 amide bonds. The van der Waals surface area contributed by atoms with E-state index in [4.69, 9.17) is 16.3 Å². The number of halogens is 1. The van der Waals surface area contributed by atoms with Gasteiger partial charge in [0.25, 0.3) is 5.06 Å². The van der Waals surface area contributed by atoms with Crippen molar-refractivity contribution < 1.29 is 14.8 Å². The summed E-state index contributed by atoms with van der Waals surface area (Å²) in [5.41, 5.74) is -0.180. The van der Waals surface area contributed by atoms with Gasteiger partial charge in [0.2, 0.25) is 0 Å². The van der Waals surface area contributed by atoms with Crippen LogP contribution in [-0.2, 0) is 0 Å². The first-order valence-electron chi connectivity index (χ1n) is 5.37. The van der Waals surface area contributed by atoms with E-state index in [-0.39, 0.29) is 10.8 Å². The number of thiophene rings is 1. The molecule has 0 spiro atoms. The van der Waals surface area contributed by atoms with Gasteiger partial charge in [0, 0.05) is 10.9 Å². The van der Waals surface area contributed by atoms with Gasteiger partial charge in [-0.25, -0.2) is 0 Å². The summed E-state index contributed by atoms with van der Waals surface area (Å²) in [6.45, 7) is 1.54. The van der Waals surface area contributed by atoms with E-state index in [0.717, 1.165) is 11.3 Å². The molecule has 1 N–H and O–H groups in total. The fourth-order valence-electron chi connectivity index (χ4n) is 1.42. The molecule has 0 aliphatic heterocycles. The molecule has 0 aliphatic rings. The number of rotatable bonds is 4. The number of hydrogen-bond acceptors (Lipinski definition) is 5. The molecule has 2 rings (SSSR count). The number of nitrogens with zero attached hydrogens (tertiary/aromatic N) is 1. The van der Waals surface area contributed by atoms with Gasteiger partial charge in [0.1, 0.15) is 5.75 Å². The Morgan fingerprint density at radius 3 is 2.74 bits per heavy atom. The predicted octanol–water partition coefficient (Wildman–Crippen LogP) is 4.16. The minimum Gasteiger partial charge on any atom is -0.438 e. The molecule has 0 saturated carbocycles. The average Bonchev–Trinajstić information content (AvgIpc) is 2.76. The third-order valence-corrected chi connectivity index (χ3v) is 3.83. The maximum atomic E-state index is 11.0. The predicted molar refractivity (Wildman–Crippen MR) is 73.1 cm³/mol. The van der Waals surface area contributed by atoms with Crippen LogP contribution in [0.3, 0.4) is 0 Å². The minimum absolute atomic E-state index is 0.106. The third-order valence-electron chi connectivity index (χ3n) is 2.35. The van der Waals surface area contributed by atoms with Crippen molar-refractivity contribution in [2.75, 3.05) is 0 Å². The Bertz CT molecular complexity index is 612. The third kappa shape index (κ3) is 3.04. The van der Waals surface area contributed by atoms with Crippen LogP contribution in [0.15, 0.2) is 30.3 Å². The molecule has 2 aromatic rings. The fourth-order valence-corrected chi connectivity index (χ4v) is 2.52. The van der Waals surface area contributed by atoms with Gasteiger partial charge in [0.15, 0.2) is 0 Å². The Hall–Kier alpha value is -1.63. The number of benzene rings is 1. The lowest BCUT2D eigenvalue weighted by Gasteiger charge is -2.04. The zero-order valence-corrected chi connectivity index (χ0v) is 11.4. The molecule has 0 saturated heterocycles. The number of aliphatic hydroxyl groups is 1. The van der Waals surface area contributed by atoms with Gasteiger partial charge in [-0.05, 0) is 19.1 Å². The summed E-state index contributed by atoms with van der Waals surface area (Å²) < 4.78 is 5.47. The van der Waals surface area contributed by atoms with Gasteiger partial charge in [-0.1, -0.05) is 35.1 Å². The highest BCUT2D eigenvalue weighted by Gasteiger charge is 2.23. The van der Waals surface area contributed by atoms with Gasteiger partial charge in [0.05, 0.1) is 16.0 Å². The quantitative estimate of drug-likeness (QED) is 0.679. The molecule has 1 heterocycles. The summed E-state index contributed by atoms with van der Waals surface area (Å²) in [5.74, 6) is 0.339. The van der Waals surface area contributed by atoms with E-state index in [0.29, 0.717) is 15.6 Å². The van der Waals surface area contributed by atoms with Gasteiger partial charge >= 0.3 is 5.69 Å². The molecular formula is C12H10ClNO4S. The van der Waals surface area contributed by atoms with Crippen LogP contribution in [0.25, 0.3) is 0 Å². The van der Waals surface area contributed by atoms with E-state index in [9.17, 15) is 15.2 Å². The first-order valence-corrected chi connectivity index (χ1v) is 6.57. The van der Waals surface area contributed by atoms with Crippen molar-refractivity contribution in [2.24, 2.45) is 0 Å². The summed E-state index contributed by atoms with van der Waals surface area (Å²) >= 11 is 6.96. The van der Waals surface area contributed by atoms with Gasteiger partial charge in [-0.2, -0.15) is 0 Å². The lowest BCUT2D eigenvalue weighted by Crippen LogP contribution is -1.89. The fraction of sp³-hybridized carbons (Fsp3) is 0.167. The van der Waals surface area contributed by atoms with Crippen LogP contribution in [-0.4, -0.2) is 10.0 Å². The lowest BCUT2D eigenvalue weighted by atomic mass is 10.3. The van der Waals surface area contributed by atoms with Crippen LogP contribution in [0.4, 0.5) is 5.69 Å². The highest BCUT2D eigenvalue weighted by Crippen LogP contribution is 2.43. The van der Waals surface area contributed by atoms with Crippen LogP contribution in [0.5, 0.6) is 10.8 Å². The molecule has 0 bridgehead atoms. The molecule has 1 atom stereocenters. The van der Waals surface area contributed by atoms with Crippen LogP contribution in [0.1, 0.15) is 17.9 Å². The lowest BCUT2D eigenvalue weighted by molar-refractivity contribution is -0.385. The zero-order valence-electron chi connectivity index (χ0n) is 9.87. The normalized spacial score (nSPS) is 12.2. The smallest absolute Gasteiger partial charge is 0.323 e. The average molecular weight is 300 g/mol. The van der Waals surface area contributed by atoms with Crippen LogP contribution in [0.2, 0.25) is 5.02 Å². The van der Waals surface area contributed by atoms with Gasteiger partial charge in [-0.15, -0.1) is 0 Å². The Kier molecular flexibility index (Phi) is 4.04. The van der Waals surface area contributed by atoms with Crippen LogP contribution in [0, 0.1) is 10.1 Å². The maximum Gasteiger partial charge on any atom is 0.323 e. The molecule has 1 aromatic heterocycles. The highest BCUT2D eigenvalue weighted by molar-refractivity contribution is 7.14. The summed E-state index contributed by atoms with van der Waals surface area (Å²) in [6, 6.07) is 8.01. The summed E-state index contributed by atoms with van der Waals surface area (Å²) in [4.78, 5) is 10.9. The largest absolute Gasteiger partial charge is 0.438 e. The number of aliphatic hydroxyl groups excluding tert-OH is 1. The SMILES string of the molecule is C[C@H](O)c1cc([N+](=O)[O-])c(Oc2ccccc2Cl)s1. The molecular weight excluding hydrogens is 290 g/mol. The monoisotopic (exact) mass is 299 g/mol. The van der Waals surface area contributed by atoms with Crippen LogP contribution < -0.4 is 4.74 Å². The molecule has 7 heteroatoms. The molecule has 19 heavy (non-hydrogen) atoms. The van der Waals surface area contributed by atoms with E-state index >= 15 is 0 Å². The van der Waals surface area contributed by atoms with E-state index < -0.39 is 11.0 Å². The first kappa shape index (κ1) is 13.8. The van der Waals surface area contributed by atoms with Crippen molar-refractivity contribution >= 4 is 28.6 Å². The Morgan fingerprint density at radius 2 is 2.16 bits per heavy atom. The number of nitro groups is 1. The Balaban J connectivity index is 2.39. The molecule has 1 aromatic carbocycles. The first-order chi connectivity index (χ1) is 8.99. The van der Waals surface area contributed by atoms with E-state index in [2.05, 4.69) is 0 Å². The van der Waals surface area contributed by atoms with E-state index in [1.807, 2.05) is 0 Å². The molecule has 0 radical (unpaired) electrons. The van der Waals surface area contributed by atoms with Crippen molar-refractivity contribution in [3.8, 4) is 10.8 Å². The number of hydrogen-bond donors (Lipinski definition) is 1. The molecule has 5 nitrogen and oxygen atoms in total. The van der Waals surface area contributed by atoms with Crippen molar-refractivity contribution in [3.63, 3.8) is 0 Å². The second-order valence-electron chi connectivity index (χ2n) is 3.79. The highest BCUT2D eigenvalue weighted by atomic mass is 35.5. The zero-order chi connectivity index (χ0) is 14.0. The van der Waals surface area contributed by atoms with Gasteiger partial charge in [-0.3, -0.25) is 10.1 Å². The van der Waals surface area contributed by atoms with Crippen molar-refractivity contribution in [2.45, 2.75) is 13.0 Å². The van der Waals surface area contributed by atoms with Crippen molar-refractivity contribution in [3.05, 3.63) is 50.3 Å². The molecule has 0 unspecified atom stereocenters. The summed E-state index contributed by atoms with van der Waals surface area (Å²) in [7, 11) is 0. The van der Waals surface area contributed by atoms with E-state index in [1.54, 1.807) is 24.3 Å². The number of ether oxygens (including phenoxy) is 1. The van der Waals surface area contributed by atoms with Crippen molar-refractivity contribution in [1.29, 1.82) is 0 Å². The van der Waals surface area contributed by atoms with E-state index in [1.165, 1.54) is 13.0 Å². The second kappa shape index (κ2) is 5.56. The van der Waals surface area contributed by atoms with Gasteiger partial charge < -0.3 is 9.84 Å². The van der Waals surface area contributed by atoms with Crippen molar-refractivity contribution in [1.82, 2.24) is 0 Å². The Labute approximate surface area is 118 Å². The summed E-state index contributed by atoms with van der Waals surface area (Å²) in [5, 5.41) is 20.9. The molecule has 0 fully saturated rings. The summed E-state index contributed by atoms with van der Waals surface area (Å²) in [6.07, 6.45) is -0.785.